The molecule has 1 fully saturated rings. The second kappa shape index (κ2) is 10.9. The van der Waals surface area contributed by atoms with Crippen molar-refractivity contribution in [2.45, 2.75) is 58.0 Å². The molecule has 1 aliphatic rings. The number of nitrogens with zero attached hydrogens (tertiary/aromatic N) is 4. The van der Waals surface area contributed by atoms with Crippen molar-refractivity contribution >= 4 is 13.7 Å². The molecule has 0 bridgehead atoms. The predicted molar refractivity (Wildman–Crippen MR) is 112 cm³/mol. The number of methoxy groups -OCH3 is 1. The first-order chi connectivity index (χ1) is 15.0. The Labute approximate surface area is 183 Å². The van der Waals surface area contributed by atoms with Crippen LogP contribution in [-0.2, 0) is 23.4 Å². The first kappa shape index (κ1) is 25.8. The molecule has 14 nitrogen and oxygen atoms in total. The molecule has 0 radical (unpaired) electrons. The Hall–Kier alpha value is -2.47. The third-order valence-electron chi connectivity index (χ3n) is 4.79. The van der Waals surface area contributed by atoms with Gasteiger partial charge in [0.1, 0.15) is 12.3 Å². The van der Waals surface area contributed by atoms with E-state index < -0.39 is 56.0 Å². The summed E-state index contributed by atoms with van der Waals surface area (Å²) in [5, 5.41) is 5.89. The first-order valence-electron chi connectivity index (χ1n) is 9.82. The lowest BCUT2D eigenvalue weighted by Gasteiger charge is -2.23. The maximum Gasteiger partial charge on any atom is 0.403 e. The van der Waals surface area contributed by atoms with Crippen molar-refractivity contribution < 1.29 is 28.3 Å². The van der Waals surface area contributed by atoms with Gasteiger partial charge in [0.25, 0.3) is 5.56 Å². The number of hydrogen-bond donors (Lipinski definition) is 3. The molecule has 15 heteroatoms. The maximum absolute atomic E-state index is 12.5. The first-order valence-corrected chi connectivity index (χ1v) is 11.4. The Balaban J connectivity index is 2.13. The fraction of sp³-hybridized carbons (Fsp3) is 0.706. The summed E-state index contributed by atoms with van der Waals surface area (Å²) < 4.78 is 29.1. The number of carbonyl (C=O) groups is 1. The van der Waals surface area contributed by atoms with Gasteiger partial charge in [-0.3, -0.25) is 23.7 Å². The zero-order chi connectivity index (χ0) is 24.1. The second-order valence-electron chi connectivity index (χ2n) is 7.77. The minimum absolute atomic E-state index is 0.0268. The number of esters is 1. The molecule has 0 amide bonds. The van der Waals surface area contributed by atoms with E-state index in [0.29, 0.717) is 0 Å². The van der Waals surface area contributed by atoms with Gasteiger partial charge in [0.15, 0.2) is 0 Å². The van der Waals surface area contributed by atoms with E-state index in [2.05, 4.69) is 24.8 Å². The Bertz CT molecular complexity index is 1030. The number of carbonyl (C=O) groups excluding carboxylic acids is 1. The van der Waals surface area contributed by atoms with E-state index in [4.69, 9.17) is 14.8 Å². The highest BCUT2D eigenvalue weighted by Gasteiger charge is 2.39. The molecule has 1 aromatic rings. The van der Waals surface area contributed by atoms with Crippen LogP contribution in [0.2, 0.25) is 0 Å². The number of hydrogen-bond acceptors (Lipinski definition) is 8. The summed E-state index contributed by atoms with van der Waals surface area (Å²) in [6, 6.07) is -1.88. The average Bonchev–Trinajstić information content (AvgIpc) is 3.10. The topological polar surface area (TPSA) is 198 Å². The number of ether oxygens (including phenoxy) is 2. The SMILES string of the molecule is COC(=O)[C@H](CC(C)C)NP(=O)(O)OC[C@H]1O[C@@H](n2cc(C)c(=O)[nH]c2=O)CC1N=[N+]=[N-]. The number of aromatic nitrogens is 2. The van der Waals surface area contributed by atoms with Crippen LogP contribution in [0.25, 0.3) is 10.4 Å². The molecule has 2 rings (SSSR count). The minimum Gasteiger partial charge on any atom is -0.468 e. The van der Waals surface area contributed by atoms with Crippen molar-refractivity contribution in [3.05, 3.63) is 43.0 Å². The number of nitrogens with one attached hydrogen (secondary N) is 2. The number of rotatable bonds is 10. The van der Waals surface area contributed by atoms with Gasteiger partial charge in [-0.15, -0.1) is 0 Å². The molecule has 5 atom stereocenters. The molecule has 0 aliphatic carbocycles. The van der Waals surface area contributed by atoms with Crippen molar-refractivity contribution in [1.29, 1.82) is 0 Å². The lowest BCUT2D eigenvalue weighted by atomic mass is 10.1. The van der Waals surface area contributed by atoms with Gasteiger partial charge in [0.05, 0.1) is 25.9 Å². The fourth-order valence-electron chi connectivity index (χ4n) is 3.25. The molecule has 0 saturated carbocycles. The number of H-pyrrole nitrogens is 1. The molecule has 0 aromatic carbocycles. The molecular formula is C17H27N6O8P. The van der Waals surface area contributed by atoms with Crippen LogP contribution in [-0.4, -0.2) is 52.3 Å². The maximum atomic E-state index is 12.5. The van der Waals surface area contributed by atoms with E-state index >= 15 is 0 Å². The van der Waals surface area contributed by atoms with E-state index in [-0.39, 0.29) is 24.3 Å². The third kappa shape index (κ3) is 6.76. The van der Waals surface area contributed by atoms with Crippen LogP contribution in [0.4, 0.5) is 0 Å². The largest absolute Gasteiger partial charge is 0.468 e. The van der Waals surface area contributed by atoms with Gasteiger partial charge in [0, 0.05) is 23.1 Å². The van der Waals surface area contributed by atoms with Crippen LogP contribution in [0.5, 0.6) is 0 Å². The van der Waals surface area contributed by atoms with Crippen molar-refractivity contribution in [3.8, 4) is 0 Å². The molecular weight excluding hydrogens is 447 g/mol. The van der Waals surface area contributed by atoms with Crippen molar-refractivity contribution in [3.63, 3.8) is 0 Å². The van der Waals surface area contributed by atoms with E-state index in [1.165, 1.54) is 13.1 Å². The average molecular weight is 474 g/mol. The van der Waals surface area contributed by atoms with Crippen molar-refractivity contribution in [2.24, 2.45) is 11.0 Å². The predicted octanol–water partition coefficient (Wildman–Crippen LogP) is 1.11. The monoisotopic (exact) mass is 474 g/mol. The third-order valence-corrected chi connectivity index (χ3v) is 5.92. The Kier molecular flexibility index (Phi) is 8.79. The normalized spacial score (nSPS) is 23.4. The van der Waals surface area contributed by atoms with Gasteiger partial charge in [-0.05, 0) is 24.8 Å². The summed E-state index contributed by atoms with van der Waals surface area (Å²) in [7, 11) is -3.30. The van der Waals surface area contributed by atoms with Crippen LogP contribution < -0.4 is 16.3 Å². The zero-order valence-electron chi connectivity index (χ0n) is 18.1. The number of aromatic amines is 1. The quantitative estimate of drug-likeness (QED) is 0.146. The Morgan fingerprint density at radius 1 is 1.53 bits per heavy atom. The van der Waals surface area contributed by atoms with Gasteiger partial charge in [0.2, 0.25) is 0 Å². The number of aryl methyl sites for hydroxylation is 1. The highest BCUT2D eigenvalue weighted by atomic mass is 31.2. The standard InChI is InChI=1S/C17H27N6O8P/c1-9(2)5-12(16(25)29-4)21-32(27,28)30-8-13-11(20-22-18)6-14(31-13)23-7-10(3)15(24)19-17(23)26/h7,9,11-14H,5-6,8H2,1-4H3,(H,19,24,26)(H2,21,27,28)/t11?,12-,13+,14+/m0/s1. The van der Waals surface area contributed by atoms with Crippen molar-refractivity contribution in [2.75, 3.05) is 13.7 Å². The lowest BCUT2D eigenvalue weighted by molar-refractivity contribution is -0.143. The fourth-order valence-corrected chi connectivity index (χ4v) is 4.28. The molecule has 1 aliphatic heterocycles. The summed E-state index contributed by atoms with van der Waals surface area (Å²) in [4.78, 5) is 50.7. The lowest BCUT2D eigenvalue weighted by Crippen LogP contribution is -2.38. The van der Waals surface area contributed by atoms with Gasteiger partial charge in [-0.2, -0.15) is 0 Å². The van der Waals surface area contributed by atoms with Crippen molar-refractivity contribution in [1.82, 2.24) is 14.6 Å². The van der Waals surface area contributed by atoms with E-state index in [1.54, 1.807) is 0 Å². The van der Waals surface area contributed by atoms with Crippen LogP contribution in [0.1, 0.15) is 38.5 Å². The van der Waals surface area contributed by atoms with Gasteiger partial charge < -0.3 is 14.4 Å². The Morgan fingerprint density at radius 3 is 2.81 bits per heavy atom. The molecule has 3 N–H and O–H groups in total. The van der Waals surface area contributed by atoms with Gasteiger partial charge >= 0.3 is 19.4 Å². The van der Waals surface area contributed by atoms with E-state index in [1.807, 2.05) is 13.8 Å². The van der Waals surface area contributed by atoms with Crippen LogP contribution >= 0.6 is 7.75 Å². The molecule has 178 valence electrons. The molecule has 1 aromatic heterocycles. The summed E-state index contributed by atoms with van der Waals surface area (Å²) in [6.07, 6.45) is -0.229. The van der Waals surface area contributed by atoms with Gasteiger partial charge in [-0.1, -0.05) is 19.0 Å². The van der Waals surface area contributed by atoms with E-state index in [0.717, 1.165) is 11.7 Å². The summed E-state index contributed by atoms with van der Waals surface area (Å²) in [6.45, 7) is 4.71. The molecule has 1 saturated heterocycles. The molecule has 0 spiro atoms. The second-order valence-corrected chi connectivity index (χ2v) is 9.32. The highest BCUT2D eigenvalue weighted by Crippen LogP contribution is 2.40. The minimum atomic E-state index is -4.47. The summed E-state index contributed by atoms with van der Waals surface area (Å²) in [5.74, 6) is -0.688. The summed E-state index contributed by atoms with van der Waals surface area (Å²) >= 11 is 0. The summed E-state index contributed by atoms with van der Waals surface area (Å²) in [5.41, 5.74) is 7.86. The van der Waals surface area contributed by atoms with Crippen LogP contribution in [0, 0.1) is 12.8 Å². The number of azide groups is 1. The Morgan fingerprint density at radius 2 is 2.22 bits per heavy atom. The smallest absolute Gasteiger partial charge is 0.403 e. The zero-order valence-corrected chi connectivity index (χ0v) is 19.0. The molecule has 2 heterocycles. The molecule has 2 unspecified atom stereocenters. The highest BCUT2D eigenvalue weighted by molar-refractivity contribution is 7.50. The van der Waals surface area contributed by atoms with Crippen LogP contribution in [0.15, 0.2) is 20.9 Å². The van der Waals surface area contributed by atoms with Gasteiger partial charge in [-0.25, -0.2) is 14.4 Å². The van der Waals surface area contributed by atoms with E-state index in [9.17, 15) is 23.8 Å². The van der Waals surface area contributed by atoms with Crippen LogP contribution in [0.3, 0.4) is 0 Å². The molecule has 32 heavy (non-hydrogen) atoms.